The molecule has 1 aromatic heterocycles. The van der Waals surface area contributed by atoms with Crippen molar-refractivity contribution < 1.29 is 9.32 Å². The molecule has 2 aromatic rings. The van der Waals surface area contributed by atoms with E-state index in [0.29, 0.717) is 22.6 Å². The van der Waals surface area contributed by atoms with Gasteiger partial charge in [-0.1, -0.05) is 5.16 Å². The van der Waals surface area contributed by atoms with Crippen LogP contribution < -0.4 is 16.8 Å². The summed E-state index contributed by atoms with van der Waals surface area (Å²) < 4.78 is 4.87. The summed E-state index contributed by atoms with van der Waals surface area (Å²) in [5, 5.41) is 6.21. The van der Waals surface area contributed by atoms with Crippen molar-refractivity contribution in [1.29, 1.82) is 0 Å². The van der Waals surface area contributed by atoms with Crippen LogP contribution in [0.3, 0.4) is 0 Å². The zero-order chi connectivity index (χ0) is 12.4. The van der Waals surface area contributed by atoms with Crippen LogP contribution >= 0.6 is 0 Å². The van der Waals surface area contributed by atoms with Gasteiger partial charge in [-0.05, 0) is 25.1 Å². The highest BCUT2D eigenvalue weighted by Gasteiger charge is 2.12. The maximum atomic E-state index is 11.8. The van der Waals surface area contributed by atoms with Gasteiger partial charge in [0, 0.05) is 17.4 Å². The van der Waals surface area contributed by atoms with Crippen LogP contribution in [0, 0.1) is 6.92 Å². The monoisotopic (exact) mass is 232 g/mol. The number of nitrogens with one attached hydrogen (secondary N) is 1. The Hall–Kier alpha value is -2.50. The van der Waals surface area contributed by atoms with Crippen LogP contribution in [0.5, 0.6) is 0 Å². The van der Waals surface area contributed by atoms with Crippen molar-refractivity contribution in [2.45, 2.75) is 6.92 Å². The number of carbonyl (C=O) groups is 1. The highest BCUT2D eigenvalue weighted by atomic mass is 16.5. The molecule has 0 radical (unpaired) electrons. The van der Waals surface area contributed by atoms with Gasteiger partial charge in [-0.3, -0.25) is 10.1 Å². The molecule has 5 N–H and O–H groups in total. The Morgan fingerprint density at radius 2 is 2.12 bits per heavy atom. The fourth-order valence-electron chi connectivity index (χ4n) is 1.39. The third-order valence-corrected chi connectivity index (χ3v) is 2.18. The third kappa shape index (κ3) is 2.36. The second-order valence-electron chi connectivity index (χ2n) is 3.63. The van der Waals surface area contributed by atoms with Gasteiger partial charge in [0.05, 0.1) is 11.3 Å². The lowest BCUT2D eigenvalue weighted by molar-refractivity contribution is 0.102. The molecule has 6 heteroatoms. The van der Waals surface area contributed by atoms with Crippen LogP contribution in [0.1, 0.15) is 16.1 Å². The second kappa shape index (κ2) is 4.17. The highest BCUT2D eigenvalue weighted by Crippen LogP contribution is 2.17. The van der Waals surface area contributed by atoms with Gasteiger partial charge in [-0.15, -0.1) is 0 Å². The van der Waals surface area contributed by atoms with Crippen molar-refractivity contribution in [1.82, 2.24) is 5.16 Å². The van der Waals surface area contributed by atoms with Crippen LogP contribution in [0.4, 0.5) is 17.3 Å². The Morgan fingerprint density at radius 3 is 2.71 bits per heavy atom. The van der Waals surface area contributed by atoms with Crippen LogP contribution in [0.25, 0.3) is 0 Å². The maximum absolute atomic E-state index is 11.8. The normalized spacial score (nSPS) is 10.2. The first kappa shape index (κ1) is 11.0. The van der Waals surface area contributed by atoms with Crippen molar-refractivity contribution >= 4 is 23.2 Å². The molecule has 0 bridgehead atoms. The van der Waals surface area contributed by atoms with E-state index in [-0.39, 0.29) is 11.8 Å². The lowest BCUT2D eigenvalue weighted by atomic mass is 10.1. The van der Waals surface area contributed by atoms with Gasteiger partial charge in [0.25, 0.3) is 5.91 Å². The molecule has 0 atom stereocenters. The van der Waals surface area contributed by atoms with Gasteiger partial charge in [0.2, 0.25) is 5.88 Å². The molecule has 0 aliphatic carbocycles. The summed E-state index contributed by atoms with van der Waals surface area (Å²) in [6.45, 7) is 1.76. The molecule has 0 aliphatic heterocycles. The van der Waals surface area contributed by atoms with E-state index in [1.165, 1.54) is 6.07 Å². The number of carbonyl (C=O) groups excluding carboxylic acids is 1. The molecular formula is C11H12N4O2. The molecule has 1 aromatic carbocycles. The van der Waals surface area contributed by atoms with E-state index in [2.05, 4.69) is 10.5 Å². The number of benzene rings is 1. The van der Waals surface area contributed by atoms with E-state index < -0.39 is 0 Å². The van der Waals surface area contributed by atoms with Crippen LogP contribution in [0.15, 0.2) is 28.8 Å². The summed E-state index contributed by atoms with van der Waals surface area (Å²) in [5.41, 5.74) is 13.1. The quantitative estimate of drug-likeness (QED) is 0.678. The lowest BCUT2D eigenvalue weighted by Crippen LogP contribution is -2.13. The number of nitrogen functional groups attached to an aromatic ring is 2. The van der Waals surface area contributed by atoms with Crippen LogP contribution in [-0.4, -0.2) is 11.1 Å². The number of nitrogens with zero attached hydrogens (tertiary/aromatic N) is 1. The molecule has 0 aliphatic rings. The van der Waals surface area contributed by atoms with Crippen molar-refractivity contribution in [3.63, 3.8) is 0 Å². The third-order valence-electron chi connectivity index (χ3n) is 2.18. The Kier molecular flexibility index (Phi) is 2.70. The fourth-order valence-corrected chi connectivity index (χ4v) is 1.39. The van der Waals surface area contributed by atoms with E-state index in [4.69, 9.17) is 16.0 Å². The van der Waals surface area contributed by atoms with Crippen LogP contribution in [0.2, 0.25) is 0 Å². The SMILES string of the molecule is Cc1cc(NC(=O)c2ccc(N)cc2N)on1. The number of rotatable bonds is 2. The van der Waals surface area contributed by atoms with Gasteiger partial charge in [0.15, 0.2) is 0 Å². The maximum Gasteiger partial charge on any atom is 0.260 e. The number of aryl methyl sites for hydroxylation is 1. The first-order valence-electron chi connectivity index (χ1n) is 4.96. The van der Waals surface area contributed by atoms with Crippen molar-refractivity contribution in [3.05, 3.63) is 35.5 Å². The van der Waals surface area contributed by atoms with Crippen LogP contribution in [-0.2, 0) is 0 Å². The molecular weight excluding hydrogens is 220 g/mol. The summed E-state index contributed by atoms with van der Waals surface area (Å²) in [4.78, 5) is 11.8. The van der Waals surface area contributed by atoms with Crippen molar-refractivity contribution in [2.24, 2.45) is 0 Å². The molecule has 0 fully saturated rings. The average Bonchev–Trinajstić information content (AvgIpc) is 2.63. The minimum absolute atomic E-state index is 0.281. The zero-order valence-electron chi connectivity index (χ0n) is 9.23. The average molecular weight is 232 g/mol. The minimum Gasteiger partial charge on any atom is -0.399 e. The molecule has 0 saturated heterocycles. The fraction of sp³-hybridized carbons (Fsp3) is 0.0909. The molecule has 0 unspecified atom stereocenters. The number of hydrogen-bond acceptors (Lipinski definition) is 5. The second-order valence-corrected chi connectivity index (χ2v) is 3.63. The highest BCUT2D eigenvalue weighted by molar-refractivity contribution is 6.07. The molecule has 6 nitrogen and oxygen atoms in total. The Morgan fingerprint density at radius 1 is 1.35 bits per heavy atom. The predicted molar refractivity (Wildman–Crippen MR) is 64.5 cm³/mol. The molecule has 17 heavy (non-hydrogen) atoms. The van der Waals surface area contributed by atoms with Gasteiger partial charge < -0.3 is 16.0 Å². The number of aromatic nitrogens is 1. The molecule has 1 amide bonds. The molecule has 0 saturated carbocycles. The molecule has 2 rings (SSSR count). The Balaban J connectivity index is 2.20. The van der Waals surface area contributed by atoms with E-state index in [9.17, 15) is 4.79 Å². The number of anilines is 3. The lowest BCUT2D eigenvalue weighted by Gasteiger charge is -2.05. The Bertz CT molecular complexity index is 562. The van der Waals surface area contributed by atoms with E-state index in [1.807, 2.05) is 0 Å². The number of hydrogen-bond donors (Lipinski definition) is 3. The predicted octanol–water partition coefficient (Wildman–Crippen LogP) is 1.40. The largest absolute Gasteiger partial charge is 0.399 e. The first-order chi connectivity index (χ1) is 8.06. The zero-order valence-corrected chi connectivity index (χ0v) is 9.23. The summed E-state index contributed by atoms with van der Waals surface area (Å²) in [5.74, 6) is -0.0811. The van der Waals surface area contributed by atoms with E-state index in [1.54, 1.807) is 25.1 Å². The molecule has 0 spiro atoms. The Labute approximate surface area is 97.6 Å². The molecule has 1 heterocycles. The molecule has 88 valence electrons. The summed E-state index contributed by atoms with van der Waals surface area (Å²) in [6, 6.07) is 6.31. The summed E-state index contributed by atoms with van der Waals surface area (Å²) in [6.07, 6.45) is 0. The topological polar surface area (TPSA) is 107 Å². The van der Waals surface area contributed by atoms with Gasteiger partial charge >= 0.3 is 0 Å². The van der Waals surface area contributed by atoms with Gasteiger partial charge in [-0.25, -0.2) is 0 Å². The smallest absolute Gasteiger partial charge is 0.260 e. The number of amides is 1. The van der Waals surface area contributed by atoms with Gasteiger partial charge in [0.1, 0.15) is 0 Å². The van der Waals surface area contributed by atoms with Gasteiger partial charge in [-0.2, -0.15) is 0 Å². The van der Waals surface area contributed by atoms with E-state index in [0.717, 1.165) is 0 Å². The summed E-state index contributed by atoms with van der Waals surface area (Å²) >= 11 is 0. The van der Waals surface area contributed by atoms with E-state index >= 15 is 0 Å². The first-order valence-corrected chi connectivity index (χ1v) is 4.96. The number of nitrogens with two attached hydrogens (primary N) is 2. The standard InChI is InChI=1S/C11H12N4O2/c1-6-4-10(17-15-6)14-11(16)8-3-2-7(12)5-9(8)13/h2-5H,12-13H2,1H3,(H,14,16). The van der Waals surface area contributed by atoms with Crippen molar-refractivity contribution in [2.75, 3.05) is 16.8 Å². The van der Waals surface area contributed by atoms with Crippen molar-refractivity contribution in [3.8, 4) is 0 Å². The minimum atomic E-state index is -0.362. The summed E-state index contributed by atoms with van der Waals surface area (Å²) in [7, 11) is 0.